The zero-order valence-corrected chi connectivity index (χ0v) is 14.1. The number of carbonyl (C=O) groups is 2. The smallest absolute Gasteiger partial charge is 0.243 e. The molecule has 0 unspecified atom stereocenters. The van der Waals surface area contributed by atoms with Crippen LogP contribution in [0.15, 0.2) is 24.3 Å². The third kappa shape index (κ3) is 6.72. The van der Waals surface area contributed by atoms with Gasteiger partial charge in [0.2, 0.25) is 11.8 Å². The summed E-state index contributed by atoms with van der Waals surface area (Å²) < 4.78 is 0. The molecule has 0 aliphatic rings. The van der Waals surface area contributed by atoms with Crippen LogP contribution in [0.1, 0.15) is 25.8 Å². The van der Waals surface area contributed by atoms with Crippen molar-refractivity contribution in [2.75, 3.05) is 39.0 Å². The summed E-state index contributed by atoms with van der Waals surface area (Å²) in [7, 11) is 3.98. The van der Waals surface area contributed by atoms with E-state index in [4.69, 9.17) is 0 Å². The Labute approximate surface area is 133 Å². The van der Waals surface area contributed by atoms with Crippen LogP contribution in [0, 0.1) is 0 Å². The highest BCUT2D eigenvalue weighted by molar-refractivity contribution is 5.94. The van der Waals surface area contributed by atoms with Crippen LogP contribution in [0.3, 0.4) is 0 Å². The predicted molar refractivity (Wildman–Crippen MR) is 89.9 cm³/mol. The standard InChI is InChI=1S/C17H27N3O2/c1-5-15-7-9-16(10-8-15)18-17(22)13-20(14(2)21)12-6-11-19(3)4/h7-10H,5-6,11-13H2,1-4H3,(H,18,22). The van der Waals surface area contributed by atoms with Crippen molar-refractivity contribution in [3.05, 3.63) is 29.8 Å². The molecule has 1 N–H and O–H groups in total. The molecule has 5 heteroatoms. The summed E-state index contributed by atoms with van der Waals surface area (Å²) in [5.74, 6) is -0.237. The Bertz CT molecular complexity index is 483. The van der Waals surface area contributed by atoms with Crippen LogP contribution < -0.4 is 5.32 Å². The SMILES string of the molecule is CCc1ccc(NC(=O)CN(CCCN(C)C)C(C)=O)cc1. The Morgan fingerprint density at radius 3 is 2.23 bits per heavy atom. The molecule has 0 saturated heterocycles. The number of carbonyl (C=O) groups excluding carboxylic acids is 2. The van der Waals surface area contributed by atoms with E-state index in [0.29, 0.717) is 6.54 Å². The van der Waals surface area contributed by atoms with Gasteiger partial charge in [0.1, 0.15) is 0 Å². The molecule has 1 aromatic carbocycles. The fourth-order valence-electron chi connectivity index (χ4n) is 2.12. The van der Waals surface area contributed by atoms with Crippen molar-refractivity contribution in [2.24, 2.45) is 0 Å². The Balaban J connectivity index is 2.49. The van der Waals surface area contributed by atoms with Crippen molar-refractivity contribution in [3.8, 4) is 0 Å². The Kier molecular flexibility index (Phi) is 7.60. The van der Waals surface area contributed by atoms with E-state index in [1.165, 1.54) is 12.5 Å². The summed E-state index contributed by atoms with van der Waals surface area (Å²) in [5.41, 5.74) is 1.99. The van der Waals surface area contributed by atoms with Crippen molar-refractivity contribution in [2.45, 2.75) is 26.7 Å². The van der Waals surface area contributed by atoms with Gasteiger partial charge in [0.05, 0.1) is 6.54 Å². The quantitative estimate of drug-likeness (QED) is 0.799. The lowest BCUT2D eigenvalue weighted by atomic mass is 10.1. The van der Waals surface area contributed by atoms with E-state index in [9.17, 15) is 9.59 Å². The maximum atomic E-state index is 12.1. The summed E-state index contributed by atoms with van der Waals surface area (Å²) in [6.45, 7) is 5.17. The lowest BCUT2D eigenvalue weighted by Gasteiger charge is -2.21. The lowest BCUT2D eigenvalue weighted by Crippen LogP contribution is -2.38. The van der Waals surface area contributed by atoms with E-state index in [1.54, 1.807) is 4.90 Å². The number of rotatable bonds is 8. The molecule has 5 nitrogen and oxygen atoms in total. The summed E-state index contributed by atoms with van der Waals surface area (Å²) >= 11 is 0. The monoisotopic (exact) mass is 305 g/mol. The summed E-state index contributed by atoms with van der Waals surface area (Å²) in [4.78, 5) is 27.3. The number of amides is 2. The van der Waals surface area contributed by atoms with Crippen molar-refractivity contribution < 1.29 is 9.59 Å². The summed E-state index contributed by atoms with van der Waals surface area (Å²) in [6.07, 6.45) is 1.82. The van der Waals surface area contributed by atoms with Crippen molar-refractivity contribution in [1.82, 2.24) is 9.80 Å². The molecular weight excluding hydrogens is 278 g/mol. The maximum absolute atomic E-state index is 12.1. The van der Waals surface area contributed by atoms with Crippen molar-refractivity contribution in [1.29, 1.82) is 0 Å². The minimum absolute atomic E-state index is 0.0739. The molecule has 0 aliphatic heterocycles. The first-order valence-corrected chi connectivity index (χ1v) is 7.71. The van der Waals surface area contributed by atoms with Crippen LogP contribution in [-0.4, -0.2) is 55.3 Å². The molecule has 2 amide bonds. The van der Waals surface area contributed by atoms with Gasteiger partial charge in [-0.05, 0) is 51.2 Å². The zero-order valence-electron chi connectivity index (χ0n) is 14.1. The third-order valence-electron chi connectivity index (χ3n) is 3.46. The molecule has 0 fully saturated rings. The largest absolute Gasteiger partial charge is 0.334 e. The highest BCUT2D eigenvalue weighted by Crippen LogP contribution is 2.10. The number of benzene rings is 1. The van der Waals surface area contributed by atoms with Gasteiger partial charge in [-0.25, -0.2) is 0 Å². The van der Waals surface area contributed by atoms with Crippen LogP contribution in [0.5, 0.6) is 0 Å². The van der Waals surface area contributed by atoms with Gasteiger partial charge in [-0.1, -0.05) is 19.1 Å². The van der Waals surface area contributed by atoms with E-state index in [1.807, 2.05) is 38.4 Å². The van der Waals surface area contributed by atoms with Crippen LogP contribution in [-0.2, 0) is 16.0 Å². The van der Waals surface area contributed by atoms with Gasteiger partial charge >= 0.3 is 0 Å². The first-order chi connectivity index (χ1) is 10.4. The van der Waals surface area contributed by atoms with E-state index in [0.717, 1.165) is 25.1 Å². The van der Waals surface area contributed by atoms with Gasteiger partial charge < -0.3 is 15.1 Å². The number of hydrogen-bond donors (Lipinski definition) is 1. The number of hydrogen-bond acceptors (Lipinski definition) is 3. The first kappa shape index (κ1) is 18.2. The maximum Gasteiger partial charge on any atom is 0.243 e. The fraction of sp³-hybridized carbons (Fsp3) is 0.529. The van der Waals surface area contributed by atoms with Crippen molar-refractivity contribution in [3.63, 3.8) is 0 Å². The Morgan fingerprint density at radius 1 is 1.09 bits per heavy atom. The lowest BCUT2D eigenvalue weighted by molar-refractivity contribution is -0.132. The number of aryl methyl sites for hydroxylation is 1. The van der Waals surface area contributed by atoms with E-state index in [2.05, 4.69) is 17.1 Å². The fourth-order valence-corrected chi connectivity index (χ4v) is 2.12. The average molecular weight is 305 g/mol. The van der Waals surface area contributed by atoms with Gasteiger partial charge in [-0.3, -0.25) is 9.59 Å². The van der Waals surface area contributed by atoms with Gasteiger partial charge in [0, 0.05) is 19.2 Å². The molecule has 0 aromatic heterocycles. The first-order valence-electron chi connectivity index (χ1n) is 7.71. The molecule has 0 radical (unpaired) electrons. The highest BCUT2D eigenvalue weighted by Gasteiger charge is 2.13. The molecule has 0 spiro atoms. The van der Waals surface area contributed by atoms with E-state index < -0.39 is 0 Å². The van der Waals surface area contributed by atoms with E-state index >= 15 is 0 Å². The predicted octanol–water partition coefficient (Wildman–Crippen LogP) is 1.99. The molecule has 122 valence electrons. The molecule has 0 bridgehead atoms. The molecule has 0 aliphatic carbocycles. The topological polar surface area (TPSA) is 52.7 Å². The van der Waals surface area contributed by atoms with Gasteiger partial charge in [-0.2, -0.15) is 0 Å². The minimum Gasteiger partial charge on any atom is -0.334 e. The third-order valence-corrected chi connectivity index (χ3v) is 3.46. The average Bonchev–Trinajstić information content (AvgIpc) is 2.46. The molecule has 0 heterocycles. The Hall–Kier alpha value is -1.88. The molecule has 0 saturated carbocycles. The van der Waals surface area contributed by atoms with Crippen LogP contribution in [0.2, 0.25) is 0 Å². The van der Waals surface area contributed by atoms with Crippen LogP contribution >= 0.6 is 0 Å². The molecule has 22 heavy (non-hydrogen) atoms. The normalized spacial score (nSPS) is 10.6. The summed E-state index contributed by atoms with van der Waals surface area (Å²) in [5, 5.41) is 2.83. The van der Waals surface area contributed by atoms with Crippen LogP contribution in [0.25, 0.3) is 0 Å². The zero-order chi connectivity index (χ0) is 16.5. The van der Waals surface area contributed by atoms with E-state index in [-0.39, 0.29) is 18.4 Å². The number of nitrogens with one attached hydrogen (secondary N) is 1. The molecule has 1 rings (SSSR count). The van der Waals surface area contributed by atoms with Gasteiger partial charge in [0.15, 0.2) is 0 Å². The minimum atomic E-state index is -0.163. The van der Waals surface area contributed by atoms with Gasteiger partial charge in [0.25, 0.3) is 0 Å². The molecule has 0 atom stereocenters. The molecule has 1 aromatic rings. The Morgan fingerprint density at radius 2 is 1.73 bits per heavy atom. The van der Waals surface area contributed by atoms with Crippen molar-refractivity contribution >= 4 is 17.5 Å². The second-order valence-corrected chi connectivity index (χ2v) is 5.70. The molecular formula is C17H27N3O2. The second kappa shape index (κ2) is 9.20. The van der Waals surface area contributed by atoms with Gasteiger partial charge in [-0.15, -0.1) is 0 Å². The highest BCUT2D eigenvalue weighted by atomic mass is 16.2. The number of anilines is 1. The summed E-state index contributed by atoms with van der Waals surface area (Å²) in [6, 6.07) is 7.77. The second-order valence-electron chi connectivity index (χ2n) is 5.70. The van der Waals surface area contributed by atoms with Crippen LogP contribution in [0.4, 0.5) is 5.69 Å². The number of nitrogens with zero attached hydrogens (tertiary/aromatic N) is 2.